The molecular weight excluding hydrogens is 246 g/mol. The van der Waals surface area contributed by atoms with E-state index >= 15 is 0 Å². The lowest BCUT2D eigenvalue weighted by molar-refractivity contribution is 0.416. The molecular formula is C10H10ClN3OS. The molecule has 0 aliphatic heterocycles. The second-order valence-corrected chi connectivity index (χ2v) is 3.76. The van der Waals surface area contributed by atoms with Gasteiger partial charge in [0.2, 0.25) is 6.19 Å². The lowest BCUT2D eigenvalue weighted by atomic mass is 10.3. The van der Waals surface area contributed by atoms with Crippen molar-refractivity contribution >= 4 is 34.4 Å². The standard InChI is InChI=1S/C10H10ClN3OS/c1-15-9-6-4-3-5-8(9)14(11)10(16-2)13-7-12/h3-6H,1-2H3. The van der Waals surface area contributed by atoms with Gasteiger partial charge in [0.05, 0.1) is 7.11 Å². The maximum absolute atomic E-state index is 8.52. The minimum Gasteiger partial charge on any atom is -0.495 e. The second kappa shape index (κ2) is 6.26. The SMILES string of the molecule is COc1ccccc1N(Cl)C(=NC#N)SC. The summed E-state index contributed by atoms with van der Waals surface area (Å²) in [7, 11) is 1.56. The zero-order valence-electron chi connectivity index (χ0n) is 8.85. The summed E-state index contributed by atoms with van der Waals surface area (Å²) in [6.45, 7) is 0. The van der Waals surface area contributed by atoms with Crippen molar-refractivity contribution in [2.24, 2.45) is 4.99 Å². The van der Waals surface area contributed by atoms with E-state index in [1.807, 2.05) is 12.1 Å². The van der Waals surface area contributed by atoms with Gasteiger partial charge in [-0.3, -0.25) is 0 Å². The smallest absolute Gasteiger partial charge is 0.208 e. The van der Waals surface area contributed by atoms with Crippen molar-refractivity contribution in [3.8, 4) is 11.9 Å². The van der Waals surface area contributed by atoms with Crippen molar-refractivity contribution < 1.29 is 4.74 Å². The number of nitriles is 1. The van der Waals surface area contributed by atoms with Crippen LogP contribution in [-0.4, -0.2) is 18.5 Å². The van der Waals surface area contributed by atoms with Crippen molar-refractivity contribution in [3.05, 3.63) is 24.3 Å². The van der Waals surface area contributed by atoms with Crippen molar-refractivity contribution in [2.45, 2.75) is 0 Å². The molecule has 84 valence electrons. The number of ether oxygens (including phenoxy) is 1. The molecule has 0 atom stereocenters. The van der Waals surface area contributed by atoms with Gasteiger partial charge in [-0.1, -0.05) is 23.9 Å². The van der Waals surface area contributed by atoms with Crippen LogP contribution in [-0.2, 0) is 0 Å². The van der Waals surface area contributed by atoms with E-state index in [9.17, 15) is 0 Å². The van der Waals surface area contributed by atoms with Crippen LogP contribution in [0.15, 0.2) is 29.3 Å². The Hall–Kier alpha value is -1.38. The number of para-hydroxylation sites is 2. The van der Waals surface area contributed by atoms with Crippen LogP contribution in [0.1, 0.15) is 0 Å². The van der Waals surface area contributed by atoms with Gasteiger partial charge >= 0.3 is 0 Å². The summed E-state index contributed by atoms with van der Waals surface area (Å²) >= 11 is 7.37. The van der Waals surface area contributed by atoms with Crippen LogP contribution in [0, 0.1) is 11.5 Å². The maximum atomic E-state index is 8.52. The molecule has 1 rings (SSSR count). The molecule has 0 amide bonds. The van der Waals surface area contributed by atoms with Gasteiger partial charge in [-0.25, -0.2) is 4.42 Å². The first kappa shape index (κ1) is 12.7. The number of hydrogen-bond donors (Lipinski definition) is 0. The van der Waals surface area contributed by atoms with Gasteiger partial charge in [0, 0.05) is 11.8 Å². The molecule has 0 saturated heterocycles. The van der Waals surface area contributed by atoms with Crippen LogP contribution in [0.2, 0.25) is 0 Å². The Kier molecular flexibility index (Phi) is 4.96. The molecule has 6 heteroatoms. The van der Waals surface area contributed by atoms with Gasteiger partial charge < -0.3 is 4.74 Å². The highest BCUT2D eigenvalue weighted by atomic mass is 35.5. The molecule has 0 heterocycles. The van der Waals surface area contributed by atoms with Gasteiger partial charge in [0.15, 0.2) is 5.17 Å². The highest BCUT2D eigenvalue weighted by Crippen LogP contribution is 2.30. The summed E-state index contributed by atoms with van der Waals surface area (Å²) < 4.78 is 6.46. The van der Waals surface area contributed by atoms with Crippen LogP contribution in [0.3, 0.4) is 0 Å². The molecule has 0 spiro atoms. The summed E-state index contributed by atoms with van der Waals surface area (Å²) in [5.74, 6) is 0.622. The number of thioether (sulfide) groups is 1. The summed E-state index contributed by atoms with van der Waals surface area (Å²) in [5, 5.41) is 8.92. The van der Waals surface area contributed by atoms with E-state index in [-0.39, 0.29) is 0 Å². The second-order valence-electron chi connectivity index (χ2n) is 2.65. The van der Waals surface area contributed by atoms with E-state index in [0.29, 0.717) is 16.6 Å². The Morgan fingerprint density at radius 1 is 1.56 bits per heavy atom. The first-order valence-electron chi connectivity index (χ1n) is 4.34. The minimum absolute atomic E-state index is 0.397. The first-order valence-corrected chi connectivity index (χ1v) is 5.90. The molecule has 4 nitrogen and oxygen atoms in total. The van der Waals surface area contributed by atoms with Gasteiger partial charge in [-0.2, -0.15) is 5.26 Å². The Morgan fingerprint density at radius 2 is 2.25 bits per heavy atom. The minimum atomic E-state index is 0.397. The lowest BCUT2D eigenvalue weighted by Gasteiger charge is -2.17. The third-order valence-electron chi connectivity index (χ3n) is 1.79. The number of halogens is 1. The molecule has 0 saturated carbocycles. The van der Waals surface area contributed by atoms with Crippen molar-refractivity contribution in [2.75, 3.05) is 17.8 Å². The van der Waals surface area contributed by atoms with Gasteiger partial charge in [-0.15, -0.1) is 4.99 Å². The Balaban J connectivity index is 3.09. The average Bonchev–Trinajstić information content (AvgIpc) is 2.35. The molecule has 0 aliphatic carbocycles. The molecule has 1 aromatic carbocycles. The van der Waals surface area contributed by atoms with Gasteiger partial charge in [0.25, 0.3) is 0 Å². The highest BCUT2D eigenvalue weighted by molar-refractivity contribution is 8.13. The number of anilines is 1. The summed E-state index contributed by atoms with van der Waals surface area (Å²) in [5.41, 5.74) is 0.648. The molecule has 0 fully saturated rings. The molecule has 16 heavy (non-hydrogen) atoms. The Bertz CT molecular complexity index is 430. The van der Waals surface area contributed by atoms with E-state index < -0.39 is 0 Å². The maximum Gasteiger partial charge on any atom is 0.208 e. The van der Waals surface area contributed by atoms with Crippen LogP contribution >= 0.6 is 23.5 Å². The molecule has 0 aliphatic rings. The van der Waals surface area contributed by atoms with Crippen molar-refractivity contribution in [1.82, 2.24) is 0 Å². The third-order valence-corrected chi connectivity index (χ3v) is 2.87. The van der Waals surface area contributed by atoms with Crippen LogP contribution < -0.4 is 9.16 Å². The monoisotopic (exact) mass is 255 g/mol. The van der Waals surface area contributed by atoms with Gasteiger partial charge in [0.1, 0.15) is 11.4 Å². The number of methoxy groups -OCH3 is 1. The Labute approximate surface area is 104 Å². The summed E-state index contributed by atoms with van der Waals surface area (Å²) in [6.07, 6.45) is 3.50. The van der Waals surface area contributed by atoms with E-state index in [1.165, 1.54) is 16.2 Å². The van der Waals surface area contributed by atoms with Crippen molar-refractivity contribution in [1.29, 1.82) is 5.26 Å². The number of amidine groups is 1. The largest absolute Gasteiger partial charge is 0.495 e. The topological polar surface area (TPSA) is 48.6 Å². The van der Waals surface area contributed by atoms with E-state index in [1.54, 1.807) is 31.7 Å². The predicted octanol–water partition coefficient (Wildman–Crippen LogP) is 2.86. The fourth-order valence-corrected chi connectivity index (χ4v) is 1.88. The first-order chi connectivity index (χ1) is 7.74. The van der Waals surface area contributed by atoms with E-state index in [0.717, 1.165) is 0 Å². The van der Waals surface area contributed by atoms with Crippen LogP contribution in [0.4, 0.5) is 5.69 Å². The average molecular weight is 256 g/mol. The number of rotatable bonds is 2. The zero-order valence-corrected chi connectivity index (χ0v) is 10.4. The third kappa shape index (κ3) is 2.81. The van der Waals surface area contributed by atoms with Gasteiger partial charge in [-0.05, 0) is 18.4 Å². The fraction of sp³-hybridized carbons (Fsp3) is 0.200. The zero-order chi connectivity index (χ0) is 12.0. The van der Waals surface area contributed by atoms with Crippen LogP contribution in [0.5, 0.6) is 5.75 Å². The summed E-state index contributed by atoms with van der Waals surface area (Å²) in [4.78, 5) is 3.62. The predicted molar refractivity (Wildman–Crippen MR) is 67.9 cm³/mol. The number of hydrogen-bond acceptors (Lipinski definition) is 4. The molecule has 0 aromatic heterocycles. The molecule has 0 bridgehead atoms. The number of benzene rings is 1. The molecule has 0 N–H and O–H groups in total. The van der Waals surface area contributed by atoms with E-state index in [2.05, 4.69) is 4.99 Å². The van der Waals surface area contributed by atoms with Crippen LogP contribution in [0.25, 0.3) is 0 Å². The normalized spacial score (nSPS) is 10.8. The molecule has 0 radical (unpaired) electrons. The number of nitrogens with zero attached hydrogens (tertiary/aromatic N) is 3. The lowest BCUT2D eigenvalue weighted by Crippen LogP contribution is -2.17. The molecule has 1 aromatic rings. The number of aliphatic imine (C=N–C) groups is 1. The summed E-state index contributed by atoms with van der Waals surface area (Å²) in [6, 6.07) is 7.24. The van der Waals surface area contributed by atoms with Crippen molar-refractivity contribution in [3.63, 3.8) is 0 Å². The fourth-order valence-electron chi connectivity index (χ4n) is 1.11. The molecule has 0 unspecified atom stereocenters. The highest BCUT2D eigenvalue weighted by Gasteiger charge is 2.14. The Morgan fingerprint density at radius 3 is 2.81 bits per heavy atom. The quantitative estimate of drug-likeness (QED) is 0.353. The van der Waals surface area contributed by atoms with E-state index in [4.69, 9.17) is 21.8 Å².